The second kappa shape index (κ2) is 20.1. The average molecular weight is 533 g/mol. The molecule has 0 aliphatic rings. The van der Waals surface area contributed by atoms with Crippen molar-refractivity contribution in [1.29, 1.82) is 0 Å². The predicted molar refractivity (Wildman–Crippen MR) is 158 cm³/mol. The second-order valence-electron chi connectivity index (χ2n) is 9.12. The van der Waals surface area contributed by atoms with Crippen LogP contribution in [0, 0.1) is 5.92 Å². The molecule has 2 nitrogen and oxygen atoms in total. The molecule has 0 amide bonds. The third-order valence-electron chi connectivity index (χ3n) is 6.15. The molecule has 0 fully saturated rings. The van der Waals surface area contributed by atoms with Crippen LogP contribution < -0.4 is 0 Å². The van der Waals surface area contributed by atoms with Crippen LogP contribution in [0.15, 0.2) is 70.5 Å². The monoisotopic (exact) mass is 532 g/mol. The molecule has 1 N–H and O–H groups in total. The van der Waals surface area contributed by atoms with E-state index >= 15 is 0 Å². The van der Waals surface area contributed by atoms with Gasteiger partial charge in [0.15, 0.2) is 0 Å². The summed E-state index contributed by atoms with van der Waals surface area (Å²) in [6.07, 6.45) is 14.3. The summed E-state index contributed by atoms with van der Waals surface area (Å²) < 4.78 is 0. The number of aliphatic carboxylic acids is 1. The number of rotatable bonds is 21. The van der Waals surface area contributed by atoms with Gasteiger partial charge in [0.05, 0.1) is 5.92 Å². The molecular formula is C30H44O2S3. The molecule has 2 aromatic rings. The van der Waals surface area contributed by atoms with Crippen LogP contribution in [0.1, 0.15) is 77.6 Å². The maximum atomic E-state index is 12.3. The highest BCUT2D eigenvalue weighted by molar-refractivity contribution is 8.01. The molecule has 2 unspecified atom stereocenters. The largest absolute Gasteiger partial charge is 0.481 e. The fourth-order valence-corrected chi connectivity index (χ4v) is 7.77. The fourth-order valence-electron chi connectivity index (χ4n) is 4.07. The molecule has 194 valence electrons. The lowest BCUT2D eigenvalue weighted by atomic mass is 10.1. The van der Waals surface area contributed by atoms with Crippen LogP contribution in [-0.4, -0.2) is 33.6 Å². The van der Waals surface area contributed by atoms with E-state index in [4.69, 9.17) is 0 Å². The maximum absolute atomic E-state index is 12.3. The van der Waals surface area contributed by atoms with Crippen molar-refractivity contribution < 1.29 is 9.90 Å². The van der Waals surface area contributed by atoms with Gasteiger partial charge in [-0.15, -0.1) is 23.5 Å². The van der Waals surface area contributed by atoms with Crippen LogP contribution >= 0.6 is 35.3 Å². The van der Waals surface area contributed by atoms with Gasteiger partial charge in [-0.2, -0.15) is 11.8 Å². The van der Waals surface area contributed by atoms with E-state index in [1.54, 1.807) is 11.8 Å². The Hall–Kier alpha value is -1.04. The van der Waals surface area contributed by atoms with Crippen LogP contribution in [0.2, 0.25) is 0 Å². The summed E-state index contributed by atoms with van der Waals surface area (Å²) in [4.78, 5) is 14.7. The number of carboxylic acids is 1. The number of hydrogen-bond donors (Lipinski definition) is 1. The van der Waals surface area contributed by atoms with Gasteiger partial charge in [0, 0.05) is 20.8 Å². The van der Waals surface area contributed by atoms with E-state index in [0.29, 0.717) is 5.75 Å². The number of benzene rings is 2. The Morgan fingerprint density at radius 3 is 1.86 bits per heavy atom. The number of thioether (sulfide) groups is 3. The highest BCUT2D eigenvalue weighted by atomic mass is 32.2. The first-order valence-electron chi connectivity index (χ1n) is 13.4. The summed E-state index contributed by atoms with van der Waals surface area (Å²) >= 11 is 5.39. The highest BCUT2D eigenvalue weighted by Crippen LogP contribution is 2.34. The van der Waals surface area contributed by atoms with Crippen LogP contribution in [0.3, 0.4) is 0 Å². The van der Waals surface area contributed by atoms with Crippen LogP contribution in [0.4, 0.5) is 0 Å². The molecule has 0 aliphatic carbocycles. The van der Waals surface area contributed by atoms with Gasteiger partial charge in [0.1, 0.15) is 0 Å². The van der Waals surface area contributed by atoms with Gasteiger partial charge in [-0.05, 0) is 48.6 Å². The molecule has 0 saturated carbocycles. The quantitative estimate of drug-likeness (QED) is 0.128. The third kappa shape index (κ3) is 14.3. The lowest BCUT2D eigenvalue weighted by Crippen LogP contribution is -2.29. The van der Waals surface area contributed by atoms with E-state index < -0.39 is 5.97 Å². The first kappa shape index (κ1) is 30.2. The summed E-state index contributed by atoms with van der Waals surface area (Å²) in [5.41, 5.74) is 0. The van der Waals surface area contributed by atoms with Gasteiger partial charge in [0.25, 0.3) is 0 Å². The first-order valence-corrected chi connectivity index (χ1v) is 16.4. The molecule has 2 rings (SSSR count). The van der Waals surface area contributed by atoms with E-state index in [1.165, 1.54) is 69.1 Å². The second-order valence-corrected chi connectivity index (χ2v) is 12.8. The van der Waals surface area contributed by atoms with E-state index in [0.717, 1.165) is 22.8 Å². The lowest BCUT2D eigenvalue weighted by molar-refractivity contribution is -0.140. The van der Waals surface area contributed by atoms with E-state index in [9.17, 15) is 9.90 Å². The SMILES string of the molecule is CCCCCCCCCCCCSCC(C(=O)O)C(CCSc1ccccc1)Sc1ccccc1. The molecule has 35 heavy (non-hydrogen) atoms. The summed E-state index contributed by atoms with van der Waals surface area (Å²) in [6, 6.07) is 20.7. The fraction of sp³-hybridized carbons (Fsp3) is 0.567. The van der Waals surface area contributed by atoms with Gasteiger partial charge < -0.3 is 5.11 Å². The van der Waals surface area contributed by atoms with Crippen molar-refractivity contribution in [2.75, 3.05) is 17.3 Å². The molecule has 0 radical (unpaired) electrons. The lowest BCUT2D eigenvalue weighted by Gasteiger charge is -2.23. The molecule has 2 aromatic carbocycles. The van der Waals surface area contributed by atoms with Crippen molar-refractivity contribution in [3.63, 3.8) is 0 Å². The Morgan fingerprint density at radius 1 is 0.743 bits per heavy atom. The smallest absolute Gasteiger partial charge is 0.308 e. The topological polar surface area (TPSA) is 37.3 Å². The van der Waals surface area contributed by atoms with Crippen LogP contribution in [-0.2, 0) is 4.79 Å². The van der Waals surface area contributed by atoms with E-state index in [2.05, 4.69) is 43.3 Å². The Kier molecular flexibility index (Phi) is 17.3. The normalized spacial score (nSPS) is 12.9. The molecular weight excluding hydrogens is 489 g/mol. The standard InChI is InChI=1S/C30H44O2S3/c1-2-3-4-5-6-7-8-9-10-17-23-33-25-28(30(31)32)29(35-27-20-15-12-16-21-27)22-24-34-26-18-13-11-14-19-26/h11-16,18-21,28-29H,2-10,17,22-25H2,1H3,(H,31,32). The van der Waals surface area contributed by atoms with Gasteiger partial charge in [0.2, 0.25) is 0 Å². The average Bonchev–Trinajstić information content (AvgIpc) is 2.87. The minimum absolute atomic E-state index is 0.0753. The zero-order chi connectivity index (χ0) is 25.0. The Balaban J connectivity index is 1.73. The van der Waals surface area contributed by atoms with Crippen molar-refractivity contribution in [3.8, 4) is 0 Å². The van der Waals surface area contributed by atoms with E-state index in [-0.39, 0.29) is 11.2 Å². The van der Waals surface area contributed by atoms with Gasteiger partial charge in [-0.1, -0.05) is 101 Å². The van der Waals surface area contributed by atoms with Crippen LogP contribution in [0.5, 0.6) is 0 Å². The summed E-state index contributed by atoms with van der Waals surface area (Å²) in [7, 11) is 0. The summed E-state index contributed by atoms with van der Waals surface area (Å²) in [6.45, 7) is 2.27. The number of unbranched alkanes of at least 4 members (excludes halogenated alkanes) is 9. The molecule has 0 aromatic heterocycles. The van der Waals surface area contributed by atoms with Crippen molar-refractivity contribution in [2.24, 2.45) is 5.92 Å². The van der Waals surface area contributed by atoms with Gasteiger partial charge in [-0.25, -0.2) is 0 Å². The van der Waals surface area contributed by atoms with Crippen molar-refractivity contribution >= 4 is 41.3 Å². The number of hydrogen-bond acceptors (Lipinski definition) is 4. The van der Waals surface area contributed by atoms with Crippen molar-refractivity contribution in [2.45, 2.75) is 92.6 Å². The third-order valence-corrected chi connectivity index (χ3v) is 9.78. The van der Waals surface area contributed by atoms with Crippen molar-refractivity contribution in [3.05, 3.63) is 60.7 Å². The minimum atomic E-state index is -0.654. The zero-order valence-electron chi connectivity index (χ0n) is 21.4. The molecule has 0 spiro atoms. The Labute approximate surface area is 226 Å². The van der Waals surface area contributed by atoms with Crippen LogP contribution in [0.25, 0.3) is 0 Å². The first-order chi connectivity index (χ1) is 17.2. The summed E-state index contributed by atoms with van der Waals surface area (Å²) in [5.74, 6) is 1.72. The molecule has 0 aliphatic heterocycles. The molecule has 0 bridgehead atoms. The molecule has 2 atom stereocenters. The maximum Gasteiger partial charge on any atom is 0.308 e. The molecule has 5 heteroatoms. The number of carbonyl (C=O) groups is 1. The summed E-state index contributed by atoms with van der Waals surface area (Å²) in [5, 5.41) is 10.2. The van der Waals surface area contributed by atoms with Crippen molar-refractivity contribution in [1.82, 2.24) is 0 Å². The van der Waals surface area contributed by atoms with E-state index in [1.807, 2.05) is 47.8 Å². The molecule has 0 heterocycles. The minimum Gasteiger partial charge on any atom is -0.481 e. The highest BCUT2D eigenvalue weighted by Gasteiger charge is 2.29. The Bertz CT molecular complexity index is 770. The Morgan fingerprint density at radius 2 is 1.29 bits per heavy atom. The van der Waals surface area contributed by atoms with Gasteiger partial charge in [-0.3, -0.25) is 4.79 Å². The predicted octanol–water partition coefficient (Wildman–Crippen LogP) is 9.68. The van der Waals surface area contributed by atoms with Gasteiger partial charge >= 0.3 is 5.97 Å². The number of carboxylic acid groups (broad SMARTS) is 1. The zero-order valence-corrected chi connectivity index (χ0v) is 23.9. The molecule has 0 saturated heterocycles.